The zero-order chi connectivity index (χ0) is 32.7. The summed E-state index contributed by atoms with van der Waals surface area (Å²) in [6.07, 6.45) is 1.10. The van der Waals surface area contributed by atoms with Gasteiger partial charge >= 0.3 is 5.97 Å². The van der Waals surface area contributed by atoms with Crippen molar-refractivity contribution < 1.29 is 41.8 Å². The van der Waals surface area contributed by atoms with Crippen molar-refractivity contribution in [1.82, 2.24) is 14.9 Å². The number of aromatic nitrogens is 1. The molecule has 2 aliphatic heterocycles. The number of anilines is 1. The van der Waals surface area contributed by atoms with Gasteiger partial charge in [-0.15, -0.1) is 5.06 Å². The van der Waals surface area contributed by atoms with E-state index in [9.17, 15) is 13.2 Å². The van der Waals surface area contributed by atoms with Crippen LogP contribution < -0.4 is 18.5 Å². The third-order valence-corrected chi connectivity index (χ3v) is 9.85. The quantitative estimate of drug-likeness (QED) is 0.296. The van der Waals surface area contributed by atoms with Crippen LogP contribution in [0, 0.1) is 0 Å². The Hall–Kier alpha value is -3.95. The molecule has 1 amide bonds. The van der Waals surface area contributed by atoms with Crippen molar-refractivity contribution in [2.45, 2.75) is 29.0 Å². The third-order valence-electron chi connectivity index (χ3n) is 7.88. The van der Waals surface area contributed by atoms with E-state index in [0.717, 1.165) is 0 Å². The van der Waals surface area contributed by atoms with E-state index in [1.807, 2.05) is 0 Å². The normalized spacial score (nSPS) is 21.6. The van der Waals surface area contributed by atoms with Crippen LogP contribution in [0.25, 0.3) is 0 Å². The fourth-order valence-electron chi connectivity index (χ4n) is 6.00. The van der Waals surface area contributed by atoms with Gasteiger partial charge in [-0.25, -0.2) is 22.5 Å². The fourth-order valence-corrected chi connectivity index (χ4v) is 7.77. The molecular formula is C30H33ClN4O9S. The summed E-state index contributed by atoms with van der Waals surface area (Å²) in [5, 5.41) is 1.47. The largest absolute Gasteiger partial charge is 0.497 e. The number of hydroxylamine groups is 2. The Morgan fingerprint density at radius 1 is 1.02 bits per heavy atom. The van der Waals surface area contributed by atoms with Crippen LogP contribution in [0.1, 0.15) is 17.5 Å². The van der Waals surface area contributed by atoms with E-state index >= 15 is 4.79 Å². The fraction of sp³-hybridized carbons (Fsp3) is 0.367. The lowest BCUT2D eigenvalue weighted by atomic mass is 9.81. The molecule has 45 heavy (non-hydrogen) atoms. The molecule has 3 heterocycles. The number of amides is 1. The van der Waals surface area contributed by atoms with Crippen molar-refractivity contribution in [1.29, 1.82) is 0 Å². The summed E-state index contributed by atoms with van der Waals surface area (Å²) < 4.78 is 51.9. The number of hydrogen-bond donors (Lipinski definition) is 0. The summed E-state index contributed by atoms with van der Waals surface area (Å²) in [7, 11) is 4.06. The van der Waals surface area contributed by atoms with Crippen LogP contribution in [0.3, 0.4) is 0 Å². The van der Waals surface area contributed by atoms with E-state index in [0.29, 0.717) is 10.1 Å². The van der Waals surface area contributed by atoms with Gasteiger partial charge in [-0.05, 0) is 42.5 Å². The Labute approximate surface area is 266 Å². The SMILES string of the molecule is COc1ccc(S(=O)(=O)N2C(=O)C(c3cccnc3OC)(N3C[C@@H](OC)C[C@H]3C(=O)ON(C)C)c3cc(Cl)ccc32)c(OC)c1. The summed E-state index contributed by atoms with van der Waals surface area (Å²) in [6, 6.07) is 10.7. The monoisotopic (exact) mass is 660 g/mol. The van der Waals surface area contributed by atoms with Crippen molar-refractivity contribution in [3.05, 3.63) is 70.9 Å². The minimum absolute atomic E-state index is 0.0220. The zero-order valence-electron chi connectivity index (χ0n) is 25.5. The number of pyridine rings is 1. The van der Waals surface area contributed by atoms with Crippen LogP contribution in [0.2, 0.25) is 5.02 Å². The van der Waals surface area contributed by atoms with E-state index < -0.39 is 39.6 Å². The molecule has 240 valence electrons. The molecule has 2 aliphatic rings. The third kappa shape index (κ3) is 5.25. The first-order chi connectivity index (χ1) is 21.4. The van der Waals surface area contributed by atoms with Gasteiger partial charge in [0.15, 0.2) is 5.54 Å². The molecule has 0 spiro atoms. The molecule has 1 saturated heterocycles. The molecule has 1 unspecified atom stereocenters. The highest BCUT2D eigenvalue weighted by Gasteiger charge is 2.64. The predicted molar refractivity (Wildman–Crippen MR) is 163 cm³/mol. The van der Waals surface area contributed by atoms with Gasteiger partial charge < -0.3 is 23.8 Å². The van der Waals surface area contributed by atoms with Crippen molar-refractivity contribution >= 4 is 39.2 Å². The van der Waals surface area contributed by atoms with Crippen molar-refractivity contribution in [3.8, 4) is 17.4 Å². The van der Waals surface area contributed by atoms with Crippen molar-refractivity contribution in [3.63, 3.8) is 0 Å². The lowest BCUT2D eigenvalue weighted by Crippen LogP contribution is -2.58. The first-order valence-corrected chi connectivity index (χ1v) is 15.6. The lowest BCUT2D eigenvalue weighted by Gasteiger charge is -2.41. The van der Waals surface area contributed by atoms with Gasteiger partial charge in [0.2, 0.25) is 5.88 Å². The minimum Gasteiger partial charge on any atom is -0.497 e. The maximum atomic E-state index is 15.3. The van der Waals surface area contributed by atoms with Crippen LogP contribution in [0.15, 0.2) is 59.6 Å². The number of likely N-dealkylation sites (tertiary alicyclic amines) is 1. The molecule has 1 aromatic heterocycles. The molecule has 2 aromatic carbocycles. The van der Waals surface area contributed by atoms with Crippen LogP contribution in [-0.4, -0.2) is 96.5 Å². The standard InChI is InChI=1S/C30H33ClN4O9S/c1-33(2)44-28(36)24-15-20(41-4)17-34(24)30(21-8-7-13-32-27(21)43-6)22-14-18(31)9-11-23(22)35(29(30)37)45(38,39)26-12-10-19(40-3)16-25(26)42-5/h7-14,16,20,24H,15,17H2,1-6H3/t20-,24-,30?/m0/s1. The summed E-state index contributed by atoms with van der Waals surface area (Å²) >= 11 is 6.55. The van der Waals surface area contributed by atoms with Gasteiger partial charge in [0.1, 0.15) is 22.4 Å². The first-order valence-electron chi connectivity index (χ1n) is 13.8. The highest BCUT2D eigenvalue weighted by atomic mass is 35.5. The average molecular weight is 661 g/mol. The smallest absolute Gasteiger partial charge is 0.342 e. The van der Waals surface area contributed by atoms with E-state index in [-0.39, 0.29) is 51.3 Å². The van der Waals surface area contributed by atoms with E-state index in [1.165, 1.54) is 76.1 Å². The molecule has 0 radical (unpaired) electrons. The van der Waals surface area contributed by atoms with Crippen LogP contribution in [0.4, 0.5) is 5.69 Å². The highest BCUT2D eigenvalue weighted by molar-refractivity contribution is 7.93. The number of methoxy groups -OCH3 is 4. The molecule has 0 bridgehead atoms. The van der Waals surface area contributed by atoms with Gasteiger partial charge in [-0.1, -0.05) is 11.6 Å². The van der Waals surface area contributed by atoms with Gasteiger partial charge in [-0.2, -0.15) is 0 Å². The molecule has 0 N–H and O–H groups in total. The minimum atomic E-state index is -4.67. The molecule has 0 aliphatic carbocycles. The van der Waals surface area contributed by atoms with Crippen molar-refractivity contribution in [2.24, 2.45) is 0 Å². The molecule has 0 saturated carbocycles. The Bertz CT molecular complexity index is 1740. The Morgan fingerprint density at radius 3 is 2.42 bits per heavy atom. The molecule has 1 fully saturated rings. The zero-order valence-corrected chi connectivity index (χ0v) is 27.1. The summed E-state index contributed by atoms with van der Waals surface area (Å²) in [4.78, 5) is 40.0. The van der Waals surface area contributed by atoms with Crippen LogP contribution in [-0.2, 0) is 34.7 Å². The van der Waals surface area contributed by atoms with E-state index in [4.69, 9.17) is 35.4 Å². The van der Waals surface area contributed by atoms with E-state index in [1.54, 1.807) is 31.1 Å². The molecular weight excluding hydrogens is 628 g/mol. The van der Waals surface area contributed by atoms with Gasteiger partial charge in [0.05, 0.1) is 33.1 Å². The Morgan fingerprint density at radius 2 is 1.78 bits per heavy atom. The van der Waals surface area contributed by atoms with Gasteiger partial charge in [-0.3, -0.25) is 9.69 Å². The van der Waals surface area contributed by atoms with Crippen LogP contribution in [0.5, 0.6) is 17.4 Å². The predicted octanol–water partition coefficient (Wildman–Crippen LogP) is 2.85. The number of benzene rings is 2. The molecule has 5 rings (SSSR count). The molecule has 15 heteroatoms. The number of carbonyl (C=O) groups is 2. The number of fused-ring (bicyclic) bond motifs is 1. The van der Waals surface area contributed by atoms with Crippen LogP contribution >= 0.6 is 11.6 Å². The average Bonchev–Trinajstić information content (AvgIpc) is 3.57. The number of ether oxygens (including phenoxy) is 4. The second-order valence-electron chi connectivity index (χ2n) is 10.5. The number of carbonyl (C=O) groups excluding carboxylic acids is 2. The number of rotatable bonds is 10. The Balaban J connectivity index is 1.85. The second-order valence-corrected chi connectivity index (χ2v) is 12.7. The maximum absolute atomic E-state index is 15.3. The van der Waals surface area contributed by atoms with Crippen molar-refractivity contribution in [2.75, 3.05) is 53.4 Å². The highest BCUT2D eigenvalue weighted by Crippen LogP contribution is 2.55. The molecule has 3 aromatic rings. The number of nitrogens with zero attached hydrogens (tertiary/aromatic N) is 4. The number of sulfonamides is 1. The topological polar surface area (TPSA) is 137 Å². The first kappa shape index (κ1) is 32.4. The number of halogens is 1. The Kier molecular flexibility index (Phi) is 8.97. The van der Waals surface area contributed by atoms with E-state index in [2.05, 4.69) is 4.98 Å². The summed E-state index contributed by atoms with van der Waals surface area (Å²) in [5.74, 6) is -1.23. The number of hydrogen-bond acceptors (Lipinski definition) is 12. The second kappa shape index (κ2) is 12.4. The summed E-state index contributed by atoms with van der Waals surface area (Å²) in [6.45, 7) is 0.0409. The van der Waals surface area contributed by atoms with Gasteiger partial charge in [0.25, 0.3) is 15.9 Å². The maximum Gasteiger partial charge on any atom is 0.342 e. The summed E-state index contributed by atoms with van der Waals surface area (Å²) in [5.41, 5.74) is -1.58. The molecule has 3 atom stereocenters. The molecule has 13 nitrogen and oxygen atoms in total. The lowest BCUT2D eigenvalue weighted by molar-refractivity contribution is -0.185. The van der Waals surface area contributed by atoms with Gasteiger partial charge in [0, 0.05) is 62.6 Å².